The fraction of sp³-hybridized carbons (Fsp3) is 0.143. The smallest absolute Gasteiger partial charge is 0.268 e. The van der Waals surface area contributed by atoms with Gasteiger partial charge in [-0.2, -0.15) is 5.26 Å². The van der Waals surface area contributed by atoms with Crippen LogP contribution in [0.1, 0.15) is 17.6 Å². The number of anilines is 1. The van der Waals surface area contributed by atoms with Crippen molar-refractivity contribution < 1.29 is 8.78 Å². The molecular formula is C7H4ClF2N3. The summed E-state index contributed by atoms with van der Waals surface area (Å²) in [5.41, 5.74) is 4.47. The number of hydrogen-bond acceptors (Lipinski definition) is 3. The van der Waals surface area contributed by atoms with E-state index in [4.69, 9.17) is 22.6 Å². The molecule has 0 radical (unpaired) electrons. The maximum absolute atomic E-state index is 12.3. The van der Waals surface area contributed by atoms with Gasteiger partial charge in [-0.1, -0.05) is 11.6 Å². The second kappa shape index (κ2) is 3.54. The van der Waals surface area contributed by atoms with Gasteiger partial charge in [0.05, 0.1) is 16.1 Å². The molecule has 2 N–H and O–H groups in total. The number of nitriles is 1. The number of nitrogens with zero attached hydrogens (tertiary/aromatic N) is 2. The van der Waals surface area contributed by atoms with Crippen molar-refractivity contribution in [3.63, 3.8) is 0 Å². The van der Waals surface area contributed by atoms with Crippen molar-refractivity contribution in [3.05, 3.63) is 22.3 Å². The topological polar surface area (TPSA) is 62.7 Å². The molecule has 0 aromatic carbocycles. The summed E-state index contributed by atoms with van der Waals surface area (Å²) in [6.45, 7) is 0. The van der Waals surface area contributed by atoms with Crippen molar-refractivity contribution in [2.45, 2.75) is 6.43 Å². The Balaban J connectivity index is 3.41. The lowest BCUT2D eigenvalue weighted by Gasteiger charge is -2.06. The number of hydrogen-bond donors (Lipinski definition) is 1. The van der Waals surface area contributed by atoms with Crippen LogP contribution < -0.4 is 5.73 Å². The molecule has 0 spiro atoms. The Labute approximate surface area is 77.7 Å². The van der Waals surface area contributed by atoms with Crippen LogP contribution in [0.4, 0.5) is 14.6 Å². The largest absolute Gasteiger partial charge is 0.383 e. The number of nitrogens with two attached hydrogens (primary N) is 1. The van der Waals surface area contributed by atoms with Crippen LogP contribution in [0.25, 0.3) is 0 Å². The third-order valence-corrected chi connectivity index (χ3v) is 1.83. The van der Waals surface area contributed by atoms with Crippen LogP contribution in [-0.2, 0) is 0 Å². The van der Waals surface area contributed by atoms with Crippen molar-refractivity contribution in [1.29, 1.82) is 5.26 Å². The molecule has 13 heavy (non-hydrogen) atoms. The van der Waals surface area contributed by atoms with E-state index in [2.05, 4.69) is 4.98 Å². The normalized spacial score (nSPS) is 10.1. The van der Waals surface area contributed by atoms with Gasteiger partial charge in [-0.3, -0.25) is 0 Å². The fourth-order valence-electron chi connectivity index (χ4n) is 0.803. The van der Waals surface area contributed by atoms with Gasteiger partial charge in [0.2, 0.25) is 0 Å². The molecule has 0 aliphatic heterocycles. The Morgan fingerprint density at radius 2 is 2.23 bits per heavy atom. The Bertz CT molecular complexity index is 373. The fourth-order valence-corrected chi connectivity index (χ4v) is 1.07. The zero-order chi connectivity index (χ0) is 10.0. The number of aromatic nitrogens is 1. The van der Waals surface area contributed by atoms with Crippen LogP contribution in [0.5, 0.6) is 0 Å². The third kappa shape index (κ3) is 1.68. The molecule has 68 valence electrons. The highest BCUT2D eigenvalue weighted by Crippen LogP contribution is 2.32. The average molecular weight is 204 g/mol. The number of rotatable bonds is 1. The summed E-state index contributed by atoms with van der Waals surface area (Å²) in [4.78, 5) is 3.42. The molecule has 1 aromatic rings. The van der Waals surface area contributed by atoms with E-state index >= 15 is 0 Å². The molecule has 0 unspecified atom stereocenters. The lowest BCUT2D eigenvalue weighted by molar-refractivity contribution is 0.152. The van der Waals surface area contributed by atoms with Crippen molar-refractivity contribution in [3.8, 4) is 6.07 Å². The quantitative estimate of drug-likeness (QED) is 0.761. The van der Waals surface area contributed by atoms with Crippen LogP contribution in [-0.4, -0.2) is 4.98 Å². The minimum absolute atomic E-state index is 0.105. The molecule has 0 atom stereocenters. The second-order valence-electron chi connectivity index (χ2n) is 2.20. The summed E-state index contributed by atoms with van der Waals surface area (Å²) in [7, 11) is 0. The molecular weight excluding hydrogens is 200 g/mol. The summed E-state index contributed by atoms with van der Waals surface area (Å²) in [6, 6.07) is 1.63. The van der Waals surface area contributed by atoms with Gasteiger partial charge in [0, 0.05) is 6.20 Å². The summed E-state index contributed by atoms with van der Waals surface area (Å²) in [5, 5.41) is 8.13. The molecule has 0 saturated heterocycles. The van der Waals surface area contributed by atoms with Gasteiger partial charge in [0.25, 0.3) is 6.43 Å². The first-order chi connectivity index (χ1) is 6.07. The molecule has 1 rings (SSSR count). The lowest BCUT2D eigenvalue weighted by Crippen LogP contribution is -2.00. The van der Waals surface area contributed by atoms with Gasteiger partial charge in [-0.05, 0) is 0 Å². The number of alkyl halides is 2. The Hall–Kier alpha value is -1.41. The van der Waals surface area contributed by atoms with E-state index in [9.17, 15) is 8.78 Å². The van der Waals surface area contributed by atoms with Crippen LogP contribution in [0.3, 0.4) is 0 Å². The summed E-state index contributed by atoms with van der Waals surface area (Å²) in [5.74, 6) is -0.348. The monoisotopic (exact) mass is 203 g/mol. The molecule has 0 fully saturated rings. The number of pyridine rings is 1. The maximum atomic E-state index is 12.3. The van der Waals surface area contributed by atoms with Crippen LogP contribution in [0, 0.1) is 11.3 Å². The average Bonchev–Trinajstić information content (AvgIpc) is 2.04. The Morgan fingerprint density at radius 1 is 1.62 bits per heavy atom. The molecule has 1 heterocycles. The van der Waals surface area contributed by atoms with Gasteiger partial charge in [-0.15, -0.1) is 0 Å². The Morgan fingerprint density at radius 3 is 2.69 bits per heavy atom. The van der Waals surface area contributed by atoms with Crippen molar-refractivity contribution in [1.82, 2.24) is 4.98 Å². The first-order valence-corrected chi connectivity index (χ1v) is 3.57. The van der Waals surface area contributed by atoms with Gasteiger partial charge in [0.1, 0.15) is 11.9 Å². The number of nitrogen functional groups attached to an aromatic ring is 1. The van der Waals surface area contributed by atoms with E-state index in [1.54, 1.807) is 6.07 Å². The predicted molar refractivity (Wildman–Crippen MR) is 43.3 cm³/mol. The van der Waals surface area contributed by atoms with E-state index in [1.807, 2.05) is 0 Å². The van der Waals surface area contributed by atoms with Gasteiger partial charge in [-0.25, -0.2) is 13.8 Å². The lowest BCUT2D eigenvalue weighted by atomic mass is 10.2. The molecule has 0 bridgehead atoms. The first-order valence-electron chi connectivity index (χ1n) is 3.20. The molecule has 0 aliphatic carbocycles. The predicted octanol–water partition coefficient (Wildman–Crippen LogP) is 2.13. The minimum atomic E-state index is -2.83. The van der Waals surface area contributed by atoms with Crippen molar-refractivity contribution in [2.75, 3.05) is 5.73 Å². The second-order valence-corrected chi connectivity index (χ2v) is 2.58. The molecule has 1 aromatic heterocycles. The molecule has 0 aliphatic rings. The SMILES string of the molecule is N#Cc1cnc(N)c(C(F)F)c1Cl. The highest BCUT2D eigenvalue weighted by Gasteiger charge is 2.19. The van der Waals surface area contributed by atoms with E-state index in [-0.39, 0.29) is 16.4 Å². The highest BCUT2D eigenvalue weighted by atomic mass is 35.5. The van der Waals surface area contributed by atoms with Gasteiger partial charge < -0.3 is 5.73 Å². The van der Waals surface area contributed by atoms with Crippen molar-refractivity contribution in [2.24, 2.45) is 0 Å². The molecule has 3 nitrogen and oxygen atoms in total. The van der Waals surface area contributed by atoms with Crippen molar-refractivity contribution >= 4 is 17.4 Å². The summed E-state index contributed by atoms with van der Waals surface area (Å²) < 4.78 is 24.6. The third-order valence-electron chi connectivity index (χ3n) is 1.42. The van der Waals surface area contributed by atoms with Crippen LogP contribution >= 0.6 is 11.6 Å². The van der Waals surface area contributed by atoms with Gasteiger partial charge in [0.15, 0.2) is 0 Å². The van der Waals surface area contributed by atoms with Gasteiger partial charge >= 0.3 is 0 Å². The zero-order valence-corrected chi connectivity index (χ0v) is 7.02. The van der Waals surface area contributed by atoms with E-state index in [0.29, 0.717) is 0 Å². The minimum Gasteiger partial charge on any atom is -0.383 e. The van der Waals surface area contributed by atoms with E-state index in [1.165, 1.54) is 0 Å². The Kier molecular flexibility index (Phi) is 2.63. The zero-order valence-electron chi connectivity index (χ0n) is 6.26. The maximum Gasteiger partial charge on any atom is 0.268 e. The summed E-state index contributed by atoms with van der Waals surface area (Å²) in [6.07, 6.45) is -1.77. The molecule has 0 saturated carbocycles. The number of halogens is 3. The van der Waals surface area contributed by atoms with E-state index in [0.717, 1.165) is 6.20 Å². The highest BCUT2D eigenvalue weighted by molar-refractivity contribution is 6.32. The molecule has 0 amide bonds. The molecule has 6 heteroatoms. The van der Waals surface area contributed by atoms with E-state index < -0.39 is 12.0 Å². The summed E-state index contributed by atoms with van der Waals surface area (Å²) >= 11 is 5.49. The first kappa shape index (κ1) is 9.68. The standard InChI is InChI=1S/C7H4ClF2N3/c8-5-3(1-11)2-13-7(12)4(5)6(9)10/h2,6H,(H2,12,13). The van der Waals surface area contributed by atoms with Crippen LogP contribution in [0.2, 0.25) is 5.02 Å². The van der Waals surface area contributed by atoms with Crippen LogP contribution in [0.15, 0.2) is 6.20 Å².